The second-order valence-electron chi connectivity index (χ2n) is 4.43. The number of methoxy groups -OCH3 is 1. The molecule has 7 heteroatoms. The van der Waals surface area contributed by atoms with Crippen molar-refractivity contribution in [3.63, 3.8) is 0 Å². The fourth-order valence-electron chi connectivity index (χ4n) is 1.80. The summed E-state index contributed by atoms with van der Waals surface area (Å²) < 4.78 is 34.1. The van der Waals surface area contributed by atoms with Gasteiger partial charge in [-0.25, -0.2) is 18.1 Å². The third-order valence-corrected chi connectivity index (χ3v) is 4.37. The van der Waals surface area contributed by atoms with Gasteiger partial charge in [0.25, 0.3) is 0 Å². The summed E-state index contributed by atoms with van der Waals surface area (Å²) in [5.74, 6) is 0.961. The van der Waals surface area contributed by atoms with Gasteiger partial charge < -0.3 is 9.30 Å². The van der Waals surface area contributed by atoms with Crippen molar-refractivity contribution in [1.29, 1.82) is 0 Å². The summed E-state index contributed by atoms with van der Waals surface area (Å²) in [6, 6.07) is 5.03. The van der Waals surface area contributed by atoms with E-state index in [0.717, 1.165) is 5.56 Å². The zero-order valence-electron chi connectivity index (χ0n) is 11.6. The summed E-state index contributed by atoms with van der Waals surface area (Å²) in [5, 5.41) is 0. The summed E-state index contributed by atoms with van der Waals surface area (Å²) in [7, 11) is -0.390. The quantitative estimate of drug-likeness (QED) is 0.900. The molecular weight excluding hydrogens is 278 g/mol. The van der Waals surface area contributed by atoms with Crippen LogP contribution in [0.5, 0.6) is 5.75 Å². The molecule has 0 saturated carbocycles. The van der Waals surface area contributed by atoms with E-state index in [2.05, 4.69) is 9.71 Å². The number of ether oxygens (including phenoxy) is 1. The maximum Gasteiger partial charge on any atom is 0.244 e. The first-order valence-electron chi connectivity index (χ1n) is 6.04. The Balaban J connectivity index is 2.26. The van der Waals surface area contributed by atoms with Crippen LogP contribution in [-0.2, 0) is 23.6 Å². The van der Waals surface area contributed by atoms with Gasteiger partial charge >= 0.3 is 0 Å². The maximum absolute atomic E-state index is 12.3. The Kier molecular flexibility index (Phi) is 4.10. The van der Waals surface area contributed by atoms with E-state index in [1.807, 2.05) is 14.0 Å². The topological polar surface area (TPSA) is 73.2 Å². The number of sulfonamides is 1. The van der Waals surface area contributed by atoms with Crippen LogP contribution in [0.3, 0.4) is 0 Å². The fourth-order valence-corrected chi connectivity index (χ4v) is 3.03. The van der Waals surface area contributed by atoms with E-state index in [-0.39, 0.29) is 11.4 Å². The SMILES string of the molecule is COc1ccc(C)cc1S(=O)(=O)NCc1nccn1C. The lowest BCUT2D eigenvalue weighted by Gasteiger charge is -2.11. The third-order valence-electron chi connectivity index (χ3n) is 2.95. The molecule has 0 unspecified atom stereocenters. The van der Waals surface area contributed by atoms with Crippen LogP contribution in [-0.4, -0.2) is 25.1 Å². The molecule has 20 heavy (non-hydrogen) atoms. The lowest BCUT2D eigenvalue weighted by atomic mass is 10.2. The Labute approximate surface area is 118 Å². The summed E-state index contributed by atoms with van der Waals surface area (Å²) >= 11 is 0. The van der Waals surface area contributed by atoms with Crippen LogP contribution >= 0.6 is 0 Å². The van der Waals surface area contributed by atoms with Gasteiger partial charge in [0.15, 0.2) is 0 Å². The molecule has 0 spiro atoms. The van der Waals surface area contributed by atoms with E-state index >= 15 is 0 Å². The smallest absolute Gasteiger partial charge is 0.244 e. The van der Waals surface area contributed by atoms with Crippen molar-refractivity contribution < 1.29 is 13.2 Å². The summed E-state index contributed by atoms with van der Waals surface area (Å²) in [6.07, 6.45) is 3.38. The molecule has 0 saturated heterocycles. The first-order chi connectivity index (χ1) is 9.44. The van der Waals surface area contributed by atoms with Crippen LogP contribution in [0.2, 0.25) is 0 Å². The Morgan fingerprint density at radius 2 is 2.15 bits per heavy atom. The number of hydrogen-bond acceptors (Lipinski definition) is 4. The molecule has 0 radical (unpaired) electrons. The van der Waals surface area contributed by atoms with Crippen molar-refractivity contribution in [2.75, 3.05) is 7.11 Å². The minimum atomic E-state index is -3.65. The van der Waals surface area contributed by atoms with Crippen LogP contribution in [0, 0.1) is 6.92 Å². The third kappa shape index (κ3) is 3.00. The zero-order chi connectivity index (χ0) is 14.8. The lowest BCUT2D eigenvalue weighted by molar-refractivity contribution is 0.402. The Hall–Kier alpha value is -1.86. The Morgan fingerprint density at radius 1 is 1.40 bits per heavy atom. The van der Waals surface area contributed by atoms with E-state index in [4.69, 9.17) is 4.74 Å². The molecule has 0 aliphatic carbocycles. The second-order valence-corrected chi connectivity index (χ2v) is 6.17. The van der Waals surface area contributed by atoms with Crippen LogP contribution in [0.15, 0.2) is 35.5 Å². The van der Waals surface area contributed by atoms with E-state index in [1.165, 1.54) is 7.11 Å². The van der Waals surface area contributed by atoms with Crippen molar-refractivity contribution in [2.24, 2.45) is 7.05 Å². The van der Waals surface area contributed by atoms with Gasteiger partial charge in [-0.3, -0.25) is 0 Å². The van der Waals surface area contributed by atoms with Crippen LogP contribution in [0.25, 0.3) is 0 Å². The van der Waals surface area contributed by atoms with Gasteiger partial charge in [0, 0.05) is 19.4 Å². The van der Waals surface area contributed by atoms with Crippen molar-refractivity contribution in [2.45, 2.75) is 18.4 Å². The molecule has 1 N–H and O–H groups in total. The summed E-state index contributed by atoms with van der Waals surface area (Å²) in [5.41, 5.74) is 0.850. The summed E-state index contributed by atoms with van der Waals surface area (Å²) in [4.78, 5) is 4.21. The highest BCUT2D eigenvalue weighted by Gasteiger charge is 2.20. The number of aryl methyl sites for hydroxylation is 2. The van der Waals surface area contributed by atoms with Crippen molar-refractivity contribution in [1.82, 2.24) is 14.3 Å². The molecule has 0 amide bonds. The minimum absolute atomic E-state index is 0.128. The Bertz CT molecular complexity index is 707. The van der Waals surface area contributed by atoms with Gasteiger partial charge in [0.1, 0.15) is 16.5 Å². The van der Waals surface area contributed by atoms with E-state index in [9.17, 15) is 8.42 Å². The number of nitrogens with one attached hydrogen (secondary N) is 1. The van der Waals surface area contributed by atoms with Gasteiger partial charge in [-0.15, -0.1) is 0 Å². The molecular formula is C13H17N3O3S. The number of rotatable bonds is 5. The molecule has 1 aromatic carbocycles. The van der Waals surface area contributed by atoms with Crippen LogP contribution in [0.4, 0.5) is 0 Å². The fraction of sp³-hybridized carbons (Fsp3) is 0.308. The summed E-state index contributed by atoms with van der Waals surface area (Å²) in [6.45, 7) is 1.96. The minimum Gasteiger partial charge on any atom is -0.495 e. The van der Waals surface area contributed by atoms with Crippen LogP contribution < -0.4 is 9.46 Å². The number of benzene rings is 1. The van der Waals surface area contributed by atoms with Crippen LogP contribution in [0.1, 0.15) is 11.4 Å². The van der Waals surface area contributed by atoms with Gasteiger partial charge in [-0.2, -0.15) is 0 Å². The molecule has 1 heterocycles. The first-order valence-corrected chi connectivity index (χ1v) is 7.53. The highest BCUT2D eigenvalue weighted by Crippen LogP contribution is 2.24. The maximum atomic E-state index is 12.3. The van der Waals surface area contributed by atoms with Crippen molar-refractivity contribution in [3.8, 4) is 5.75 Å². The monoisotopic (exact) mass is 295 g/mol. The van der Waals surface area contributed by atoms with Gasteiger partial charge in [0.2, 0.25) is 10.0 Å². The highest BCUT2D eigenvalue weighted by molar-refractivity contribution is 7.89. The van der Waals surface area contributed by atoms with Gasteiger partial charge in [-0.1, -0.05) is 6.07 Å². The highest BCUT2D eigenvalue weighted by atomic mass is 32.2. The second kappa shape index (κ2) is 5.64. The number of nitrogens with zero attached hydrogens (tertiary/aromatic N) is 2. The van der Waals surface area contributed by atoms with Gasteiger partial charge in [0.05, 0.1) is 13.7 Å². The number of hydrogen-bond donors (Lipinski definition) is 1. The molecule has 0 aliphatic heterocycles. The molecule has 2 aromatic rings. The number of imidazole rings is 1. The first kappa shape index (κ1) is 14.5. The standard InChI is InChI=1S/C13H17N3O3S/c1-10-4-5-11(19-3)12(8-10)20(17,18)15-9-13-14-6-7-16(13)2/h4-8,15H,9H2,1-3H3. The molecule has 6 nitrogen and oxygen atoms in total. The molecule has 0 fully saturated rings. The van der Waals surface area contributed by atoms with E-state index in [0.29, 0.717) is 11.6 Å². The van der Waals surface area contributed by atoms with Crippen molar-refractivity contribution >= 4 is 10.0 Å². The van der Waals surface area contributed by atoms with E-state index in [1.54, 1.807) is 35.2 Å². The molecule has 0 atom stereocenters. The van der Waals surface area contributed by atoms with Gasteiger partial charge in [-0.05, 0) is 24.6 Å². The van der Waals surface area contributed by atoms with E-state index < -0.39 is 10.0 Å². The predicted molar refractivity (Wildman–Crippen MR) is 75.0 cm³/mol. The van der Waals surface area contributed by atoms with Crippen molar-refractivity contribution in [3.05, 3.63) is 42.0 Å². The average Bonchev–Trinajstić information content (AvgIpc) is 2.82. The average molecular weight is 295 g/mol. The molecule has 0 bridgehead atoms. The number of aromatic nitrogens is 2. The predicted octanol–water partition coefficient (Wildman–Crippen LogP) is 1.22. The molecule has 2 rings (SSSR count). The molecule has 108 valence electrons. The normalized spacial score (nSPS) is 11.6. The lowest BCUT2D eigenvalue weighted by Crippen LogP contribution is -2.25. The zero-order valence-corrected chi connectivity index (χ0v) is 12.4. The molecule has 1 aromatic heterocycles. The molecule has 0 aliphatic rings. The largest absolute Gasteiger partial charge is 0.495 e. The Morgan fingerprint density at radius 3 is 2.75 bits per heavy atom.